The van der Waals surface area contributed by atoms with Crippen LogP contribution in [0.5, 0.6) is 0 Å². The second kappa shape index (κ2) is 5.85. The number of aldehydes is 1. The zero-order valence-corrected chi connectivity index (χ0v) is 10.6. The molecule has 17 heavy (non-hydrogen) atoms. The molecule has 1 saturated heterocycles. The molecule has 1 atom stereocenters. The highest BCUT2D eigenvalue weighted by Gasteiger charge is 2.21. The van der Waals surface area contributed by atoms with Crippen LogP contribution in [-0.4, -0.2) is 18.9 Å². The van der Waals surface area contributed by atoms with E-state index in [4.69, 9.17) is 0 Å². The van der Waals surface area contributed by atoms with Crippen LogP contribution in [-0.2, 0) is 0 Å². The maximum Gasteiger partial charge on any atom is 0.150 e. The Morgan fingerprint density at radius 1 is 1.29 bits per heavy atom. The molecule has 0 saturated carbocycles. The molecule has 0 bridgehead atoms. The number of carbonyl (C=O) groups is 1. The van der Waals surface area contributed by atoms with Gasteiger partial charge < -0.3 is 4.90 Å². The Morgan fingerprint density at radius 3 is 2.71 bits per heavy atom. The number of nitrogens with zero attached hydrogens (tertiary/aromatic N) is 1. The first-order chi connectivity index (χ1) is 8.35. The van der Waals surface area contributed by atoms with Gasteiger partial charge in [-0.3, -0.25) is 4.79 Å². The first-order valence-electron chi connectivity index (χ1n) is 6.67. The monoisotopic (exact) mass is 231 g/mol. The number of hydrogen-bond acceptors (Lipinski definition) is 2. The fourth-order valence-electron chi connectivity index (χ4n) is 2.72. The predicted molar refractivity (Wildman–Crippen MR) is 71.7 cm³/mol. The Morgan fingerprint density at radius 2 is 2.06 bits per heavy atom. The molecule has 1 unspecified atom stereocenters. The van der Waals surface area contributed by atoms with Crippen molar-refractivity contribution in [2.45, 2.75) is 45.1 Å². The molecule has 0 radical (unpaired) electrons. The van der Waals surface area contributed by atoms with Gasteiger partial charge in [0.1, 0.15) is 6.29 Å². The summed E-state index contributed by atoms with van der Waals surface area (Å²) in [5.74, 6) is 0. The standard InChI is InChI=1S/C15H21NO/c1-2-5-14-6-3-4-11-16(14)15-9-7-13(12-17)8-10-15/h7-10,12,14H,2-6,11H2,1H3. The first kappa shape index (κ1) is 12.2. The molecule has 2 rings (SSSR count). The van der Waals surface area contributed by atoms with E-state index in [9.17, 15) is 4.79 Å². The van der Waals surface area contributed by atoms with Gasteiger partial charge in [-0.05, 0) is 49.9 Å². The molecule has 1 fully saturated rings. The Balaban J connectivity index is 2.14. The van der Waals surface area contributed by atoms with Gasteiger partial charge >= 0.3 is 0 Å². The third-order valence-electron chi connectivity index (χ3n) is 3.61. The summed E-state index contributed by atoms with van der Waals surface area (Å²) in [5.41, 5.74) is 2.03. The lowest BCUT2D eigenvalue weighted by Crippen LogP contribution is -2.39. The molecular weight excluding hydrogens is 210 g/mol. The highest BCUT2D eigenvalue weighted by atomic mass is 16.1. The first-order valence-corrected chi connectivity index (χ1v) is 6.67. The van der Waals surface area contributed by atoms with E-state index in [0.29, 0.717) is 6.04 Å². The fraction of sp³-hybridized carbons (Fsp3) is 0.533. The second-order valence-electron chi connectivity index (χ2n) is 4.84. The molecule has 1 aromatic carbocycles. The van der Waals surface area contributed by atoms with Gasteiger partial charge in [0, 0.05) is 23.8 Å². The molecule has 1 aliphatic rings. The van der Waals surface area contributed by atoms with Crippen LogP contribution in [0.4, 0.5) is 5.69 Å². The summed E-state index contributed by atoms with van der Waals surface area (Å²) >= 11 is 0. The van der Waals surface area contributed by atoms with Crippen LogP contribution >= 0.6 is 0 Å². The average molecular weight is 231 g/mol. The summed E-state index contributed by atoms with van der Waals surface area (Å²) < 4.78 is 0. The topological polar surface area (TPSA) is 20.3 Å². The molecule has 0 spiro atoms. The molecule has 1 aliphatic heterocycles. The van der Waals surface area contributed by atoms with Crippen molar-refractivity contribution in [2.75, 3.05) is 11.4 Å². The number of piperidine rings is 1. The second-order valence-corrected chi connectivity index (χ2v) is 4.84. The van der Waals surface area contributed by atoms with E-state index < -0.39 is 0 Å². The van der Waals surface area contributed by atoms with Crippen LogP contribution in [0.2, 0.25) is 0 Å². The van der Waals surface area contributed by atoms with E-state index in [-0.39, 0.29) is 0 Å². The van der Waals surface area contributed by atoms with E-state index in [1.165, 1.54) is 37.8 Å². The molecule has 1 aromatic rings. The van der Waals surface area contributed by atoms with E-state index in [2.05, 4.69) is 24.0 Å². The number of anilines is 1. The van der Waals surface area contributed by atoms with Crippen molar-refractivity contribution in [1.29, 1.82) is 0 Å². The summed E-state index contributed by atoms with van der Waals surface area (Å²) in [7, 11) is 0. The zero-order valence-electron chi connectivity index (χ0n) is 10.6. The van der Waals surface area contributed by atoms with Crippen LogP contribution in [0.25, 0.3) is 0 Å². The normalized spacial score (nSPS) is 20.3. The summed E-state index contributed by atoms with van der Waals surface area (Å²) in [4.78, 5) is 13.2. The van der Waals surface area contributed by atoms with Gasteiger partial charge in [0.2, 0.25) is 0 Å². The van der Waals surface area contributed by atoms with Crippen molar-refractivity contribution < 1.29 is 4.79 Å². The van der Waals surface area contributed by atoms with Gasteiger partial charge in [0.15, 0.2) is 0 Å². The highest BCUT2D eigenvalue weighted by molar-refractivity contribution is 5.75. The van der Waals surface area contributed by atoms with Crippen LogP contribution in [0.3, 0.4) is 0 Å². The minimum absolute atomic E-state index is 0.691. The number of rotatable bonds is 4. The third-order valence-corrected chi connectivity index (χ3v) is 3.61. The highest BCUT2D eigenvalue weighted by Crippen LogP contribution is 2.27. The summed E-state index contributed by atoms with van der Waals surface area (Å²) in [6.07, 6.45) is 7.37. The Bertz CT molecular complexity index is 356. The lowest BCUT2D eigenvalue weighted by Gasteiger charge is -2.37. The van der Waals surface area contributed by atoms with Gasteiger partial charge in [-0.15, -0.1) is 0 Å². The van der Waals surface area contributed by atoms with E-state index in [1.807, 2.05) is 12.1 Å². The summed E-state index contributed by atoms with van der Waals surface area (Å²) in [6.45, 7) is 3.41. The lowest BCUT2D eigenvalue weighted by molar-refractivity contribution is 0.112. The van der Waals surface area contributed by atoms with Gasteiger partial charge in [0.05, 0.1) is 0 Å². The van der Waals surface area contributed by atoms with Crippen molar-refractivity contribution in [3.63, 3.8) is 0 Å². The minimum Gasteiger partial charge on any atom is -0.369 e. The number of hydrogen-bond donors (Lipinski definition) is 0. The molecule has 0 N–H and O–H groups in total. The van der Waals surface area contributed by atoms with E-state index >= 15 is 0 Å². The molecular formula is C15H21NO. The quantitative estimate of drug-likeness (QED) is 0.737. The van der Waals surface area contributed by atoms with Crippen molar-refractivity contribution in [1.82, 2.24) is 0 Å². The zero-order chi connectivity index (χ0) is 12.1. The maximum atomic E-state index is 10.6. The van der Waals surface area contributed by atoms with E-state index in [1.54, 1.807) is 0 Å². The third kappa shape index (κ3) is 2.87. The van der Waals surface area contributed by atoms with Crippen LogP contribution in [0.15, 0.2) is 24.3 Å². The molecule has 0 amide bonds. The molecule has 2 nitrogen and oxygen atoms in total. The van der Waals surface area contributed by atoms with Crippen molar-refractivity contribution in [2.24, 2.45) is 0 Å². The van der Waals surface area contributed by atoms with Gasteiger partial charge in [-0.25, -0.2) is 0 Å². The van der Waals surface area contributed by atoms with Gasteiger partial charge in [0.25, 0.3) is 0 Å². The number of carbonyl (C=O) groups excluding carboxylic acids is 1. The lowest BCUT2D eigenvalue weighted by atomic mass is 9.97. The molecule has 1 heterocycles. The van der Waals surface area contributed by atoms with Crippen molar-refractivity contribution >= 4 is 12.0 Å². The Labute approximate surface area is 104 Å². The molecule has 92 valence electrons. The molecule has 0 aromatic heterocycles. The van der Waals surface area contributed by atoms with Crippen LogP contribution in [0, 0.1) is 0 Å². The van der Waals surface area contributed by atoms with Crippen molar-refractivity contribution in [3.05, 3.63) is 29.8 Å². The summed E-state index contributed by atoms with van der Waals surface area (Å²) in [6, 6.07) is 8.69. The Hall–Kier alpha value is -1.31. The SMILES string of the molecule is CCCC1CCCCN1c1ccc(C=O)cc1. The van der Waals surface area contributed by atoms with Crippen LogP contribution in [0.1, 0.15) is 49.4 Å². The predicted octanol–water partition coefficient (Wildman–Crippen LogP) is 3.66. The smallest absolute Gasteiger partial charge is 0.150 e. The average Bonchev–Trinajstić information content (AvgIpc) is 2.40. The fourth-order valence-corrected chi connectivity index (χ4v) is 2.72. The van der Waals surface area contributed by atoms with Gasteiger partial charge in [-0.1, -0.05) is 13.3 Å². The molecule has 0 aliphatic carbocycles. The minimum atomic E-state index is 0.691. The van der Waals surface area contributed by atoms with Crippen molar-refractivity contribution in [3.8, 4) is 0 Å². The summed E-state index contributed by atoms with van der Waals surface area (Å²) in [5, 5.41) is 0. The van der Waals surface area contributed by atoms with E-state index in [0.717, 1.165) is 18.4 Å². The van der Waals surface area contributed by atoms with Crippen LogP contribution < -0.4 is 4.90 Å². The Kier molecular flexibility index (Phi) is 4.18. The van der Waals surface area contributed by atoms with Gasteiger partial charge in [-0.2, -0.15) is 0 Å². The largest absolute Gasteiger partial charge is 0.369 e. The number of benzene rings is 1. The molecule has 2 heteroatoms. The maximum absolute atomic E-state index is 10.6.